The largest absolute Gasteiger partial charge is 0.395 e. The fourth-order valence-corrected chi connectivity index (χ4v) is 3.63. The van der Waals surface area contributed by atoms with Crippen molar-refractivity contribution in [3.63, 3.8) is 0 Å². The zero-order valence-electron chi connectivity index (χ0n) is 12.7. The third-order valence-electron chi connectivity index (χ3n) is 4.77. The highest BCUT2D eigenvalue weighted by Crippen LogP contribution is 2.54. The summed E-state index contributed by atoms with van der Waals surface area (Å²) < 4.78 is 3.31. The summed E-state index contributed by atoms with van der Waals surface area (Å²) in [4.78, 5) is 2.51. The molecule has 3 N–H and O–H groups in total. The number of nitrogens with one attached hydrogen (secondary N) is 2. The lowest BCUT2D eigenvalue weighted by molar-refractivity contribution is 0.322. The first kappa shape index (κ1) is 14.9. The molecule has 1 aliphatic heterocycles. The number of nitrogens with zero attached hydrogens (tertiary/aromatic N) is 1. The van der Waals surface area contributed by atoms with Crippen LogP contribution in [0.5, 0.6) is 0 Å². The Morgan fingerprint density at radius 1 is 1.24 bits per heavy atom. The second-order valence-electron chi connectivity index (χ2n) is 6.14. The lowest BCUT2D eigenvalue weighted by atomic mass is 9.93. The van der Waals surface area contributed by atoms with Gasteiger partial charge in [0.1, 0.15) is 0 Å². The third-order valence-corrected chi connectivity index (χ3v) is 5.54. The first-order chi connectivity index (χ1) is 10.3. The molecule has 1 heterocycles. The lowest BCUT2D eigenvalue weighted by Crippen LogP contribution is -2.34. The van der Waals surface area contributed by atoms with Crippen LogP contribution >= 0.6 is 11.9 Å². The van der Waals surface area contributed by atoms with Crippen LogP contribution in [0.1, 0.15) is 25.7 Å². The molecule has 2 aliphatic rings. The second-order valence-corrected chi connectivity index (χ2v) is 7.04. The maximum Gasteiger partial charge on any atom is 0.0622 e. The van der Waals surface area contributed by atoms with Crippen molar-refractivity contribution >= 4 is 29.0 Å². The summed E-state index contributed by atoms with van der Waals surface area (Å²) in [5.74, 6) is 0.704. The molecule has 3 rings (SSSR count). The van der Waals surface area contributed by atoms with E-state index in [0.717, 1.165) is 5.69 Å². The number of rotatable bonds is 6. The van der Waals surface area contributed by atoms with Crippen LogP contribution in [0.2, 0.25) is 0 Å². The SMILES string of the molecule is CNc1ccc(NSCCO)cc1N1CCC2(CC1)CC2. The van der Waals surface area contributed by atoms with Gasteiger partial charge in [0.15, 0.2) is 0 Å². The Hall–Kier alpha value is -1.07. The standard InChI is InChI=1S/C16H25N3OS/c1-17-14-3-2-13(18-21-11-10-20)12-15(14)19-8-6-16(4-5-16)7-9-19/h2-3,12,17-18,20H,4-11H2,1H3. The van der Waals surface area contributed by atoms with Gasteiger partial charge in [-0.15, -0.1) is 0 Å². The minimum absolute atomic E-state index is 0.202. The van der Waals surface area contributed by atoms with Crippen molar-refractivity contribution in [1.82, 2.24) is 0 Å². The van der Waals surface area contributed by atoms with Gasteiger partial charge in [-0.05, 0) is 49.3 Å². The van der Waals surface area contributed by atoms with Crippen molar-refractivity contribution in [1.29, 1.82) is 0 Å². The van der Waals surface area contributed by atoms with E-state index in [0.29, 0.717) is 11.2 Å². The average Bonchev–Trinajstić information content (AvgIpc) is 3.27. The zero-order valence-corrected chi connectivity index (χ0v) is 13.5. The van der Waals surface area contributed by atoms with E-state index in [1.807, 2.05) is 7.05 Å². The molecule has 0 radical (unpaired) electrons. The fraction of sp³-hybridized carbons (Fsp3) is 0.625. The first-order valence-electron chi connectivity index (χ1n) is 7.82. The quantitative estimate of drug-likeness (QED) is 0.557. The summed E-state index contributed by atoms with van der Waals surface area (Å²) in [6.45, 7) is 2.54. The number of anilines is 3. The molecule has 1 saturated carbocycles. The third kappa shape index (κ3) is 3.40. The monoisotopic (exact) mass is 307 g/mol. The Morgan fingerprint density at radius 2 is 2.00 bits per heavy atom. The maximum absolute atomic E-state index is 8.86. The summed E-state index contributed by atoms with van der Waals surface area (Å²) in [5, 5.41) is 12.2. The van der Waals surface area contributed by atoms with E-state index < -0.39 is 0 Å². The Morgan fingerprint density at radius 3 is 2.62 bits per heavy atom. The number of hydrogen-bond acceptors (Lipinski definition) is 5. The van der Waals surface area contributed by atoms with Gasteiger partial charge in [0.25, 0.3) is 0 Å². The molecule has 1 aromatic rings. The fourth-order valence-electron chi connectivity index (χ4n) is 3.15. The van der Waals surface area contributed by atoms with Gasteiger partial charge in [-0.25, -0.2) is 0 Å². The van der Waals surface area contributed by atoms with Gasteiger partial charge in [0.2, 0.25) is 0 Å². The summed E-state index contributed by atoms with van der Waals surface area (Å²) in [7, 11) is 1.98. The molecule has 0 atom stereocenters. The molecular weight excluding hydrogens is 282 g/mol. The van der Waals surface area contributed by atoms with Crippen LogP contribution in [-0.4, -0.2) is 37.6 Å². The van der Waals surface area contributed by atoms with E-state index in [-0.39, 0.29) is 6.61 Å². The van der Waals surface area contributed by atoms with Gasteiger partial charge in [0, 0.05) is 31.6 Å². The molecule has 1 aromatic carbocycles. The van der Waals surface area contributed by atoms with Crippen molar-refractivity contribution in [2.24, 2.45) is 5.41 Å². The molecule has 2 fully saturated rings. The highest BCUT2D eigenvalue weighted by Gasteiger charge is 2.44. The Bertz CT molecular complexity index is 480. The van der Waals surface area contributed by atoms with Crippen LogP contribution in [0.15, 0.2) is 18.2 Å². The molecule has 0 amide bonds. The highest BCUT2D eigenvalue weighted by molar-refractivity contribution is 8.00. The molecule has 21 heavy (non-hydrogen) atoms. The highest BCUT2D eigenvalue weighted by atomic mass is 32.2. The topological polar surface area (TPSA) is 47.5 Å². The molecule has 0 unspecified atom stereocenters. The molecule has 5 heteroatoms. The summed E-state index contributed by atoms with van der Waals surface area (Å²) >= 11 is 1.55. The van der Waals surface area contributed by atoms with E-state index >= 15 is 0 Å². The molecular formula is C16H25N3OS. The molecule has 0 aromatic heterocycles. The smallest absolute Gasteiger partial charge is 0.0622 e. The summed E-state index contributed by atoms with van der Waals surface area (Å²) in [6.07, 6.45) is 5.57. The molecule has 4 nitrogen and oxygen atoms in total. The molecule has 1 saturated heterocycles. The average molecular weight is 307 g/mol. The number of aliphatic hydroxyl groups excluding tert-OH is 1. The van der Waals surface area contributed by atoms with Crippen molar-refractivity contribution in [3.05, 3.63) is 18.2 Å². The Balaban J connectivity index is 1.70. The van der Waals surface area contributed by atoms with Crippen molar-refractivity contribution < 1.29 is 5.11 Å². The Kier molecular flexibility index (Phi) is 4.50. The number of hydrogen-bond donors (Lipinski definition) is 3. The number of aliphatic hydroxyl groups is 1. The van der Waals surface area contributed by atoms with E-state index in [2.05, 4.69) is 33.1 Å². The normalized spacial score (nSPS) is 19.6. The van der Waals surface area contributed by atoms with E-state index in [1.165, 1.54) is 50.1 Å². The number of benzene rings is 1. The first-order valence-corrected chi connectivity index (χ1v) is 8.80. The van der Waals surface area contributed by atoms with Gasteiger partial charge in [-0.1, -0.05) is 11.9 Å². The van der Waals surface area contributed by atoms with Crippen molar-refractivity contribution in [3.8, 4) is 0 Å². The summed E-state index contributed by atoms with van der Waals surface area (Å²) in [5.41, 5.74) is 4.31. The van der Waals surface area contributed by atoms with Crippen LogP contribution in [0.3, 0.4) is 0 Å². The van der Waals surface area contributed by atoms with Gasteiger partial charge >= 0.3 is 0 Å². The molecule has 1 aliphatic carbocycles. The van der Waals surface area contributed by atoms with Crippen molar-refractivity contribution in [2.75, 3.05) is 47.4 Å². The van der Waals surface area contributed by atoms with Crippen LogP contribution in [0.4, 0.5) is 17.1 Å². The van der Waals surface area contributed by atoms with Crippen LogP contribution in [0.25, 0.3) is 0 Å². The minimum Gasteiger partial charge on any atom is -0.395 e. The van der Waals surface area contributed by atoms with E-state index in [4.69, 9.17) is 5.11 Å². The minimum atomic E-state index is 0.202. The van der Waals surface area contributed by atoms with Crippen LogP contribution < -0.4 is 14.9 Å². The maximum atomic E-state index is 8.86. The molecule has 1 spiro atoms. The van der Waals surface area contributed by atoms with Gasteiger partial charge in [-0.3, -0.25) is 0 Å². The lowest BCUT2D eigenvalue weighted by Gasteiger charge is -2.35. The van der Waals surface area contributed by atoms with Gasteiger partial charge < -0.3 is 20.0 Å². The van der Waals surface area contributed by atoms with E-state index in [9.17, 15) is 0 Å². The molecule has 116 valence electrons. The van der Waals surface area contributed by atoms with Gasteiger partial charge in [0.05, 0.1) is 18.0 Å². The summed E-state index contributed by atoms with van der Waals surface area (Å²) in [6, 6.07) is 6.45. The van der Waals surface area contributed by atoms with Crippen LogP contribution in [0, 0.1) is 5.41 Å². The predicted octanol–water partition coefficient (Wildman–Crippen LogP) is 3.16. The second kappa shape index (κ2) is 6.36. The Labute approximate surface area is 131 Å². The number of piperidine rings is 1. The predicted molar refractivity (Wildman–Crippen MR) is 92.3 cm³/mol. The van der Waals surface area contributed by atoms with E-state index in [1.54, 1.807) is 11.9 Å². The zero-order chi connectivity index (χ0) is 14.7. The van der Waals surface area contributed by atoms with Gasteiger partial charge in [-0.2, -0.15) is 0 Å². The van der Waals surface area contributed by atoms with Crippen LogP contribution in [-0.2, 0) is 0 Å². The molecule has 0 bridgehead atoms. The van der Waals surface area contributed by atoms with Crippen molar-refractivity contribution in [2.45, 2.75) is 25.7 Å².